The number of aromatic nitrogens is 2. The van der Waals surface area contributed by atoms with E-state index in [0.717, 1.165) is 49.7 Å². The van der Waals surface area contributed by atoms with Gasteiger partial charge in [0.05, 0.1) is 6.54 Å². The number of ketones is 3. The summed E-state index contributed by atoms with van der Waals surface area (Å²) in [6, 6.07) is 37.5. The average Bonchev–Trinajstić information content (AvgIpc) is 0.836. The lowest BCUT2D eigenvalue weighted by atomic mass is 9.84. The van der Waals surface area contributed by atoms with Gasteiger partial charge in [-0.2, -0.15) is 13.5 Å². The Balaban J connectivity index is 0.000000349. The minimum Gasteiger partial charge on any atom is -0.480 e. The van der Waals surface area contributed by atoms with Gasteiger partial charge in [0.25, 0.3) is 17.7 Å². The number of rotatable bonds is 26. The summed E-state index contributed by atoms with van der Waals surface area (Å²) >= 11 is 0. The quantitative estimate of drug-likeness (QED) is 0.0130. The van der Waals surface area contributed by atoms with E-state index in [1.165, 1.54) is 30.6 Å². The van der Waals surface area contributed by atoms with Gasteiger partial charge in [-0.05, 0) is 155 Å². The Labute approximate surface area is 592 Å². The van der Waals surface area contributed by atoms with Gasteiger partial charge in [0.15, 0.2) is 0 Å². The van der Waals surface area contributed by atoms with Crippen molar-refractivity contribution in [3.8, 4) is 0 Å². The molecular formula is C75H104N9O13PS. The highest BCUT2D eigenvalue weighted by atomic mass is 32.1. The lowest BCUT2D eigenvalue weighted by Gasteiger charge is -2.36. The van der Waals surface area contributed by atoms with E-state index in [9.17, 15) is 43.2 Å². The van der Waals surface area contributed by atoms with Gasteiger partial charge in [0.1, 0.15) is 30.3 Å². The number of benzene rings is 3. The molecule has 3 saturated heterocycles. The number of piperidine rings is 3. The van der Waals surface area contributed by atoms with Crippen LogP contribution in [-0.4, -0.2) is 151 Å². The number of carboxylic acid groups (broad SMARTS) is 1. The van der Waals surface area contributed by atoms with Gasteiger partial charge in [-0.25, -0.2) is 14.4 Å². The number of likely N-dealkylation sites (tertiary alicyclic amines) is 3. The van der Waals surface area contributed by atoms with E-state index in [1.807, 2.05) is 45.0 Å². The van der Waals surface area contributed by atoms with Crippen molar-refractivity contribution in [2.24, 2.45) is 27.1 Å². The molecule has 5 N–H and O–H groups in total. The number of aryl methyl sites for hydroxylation is 2. The molecule has 0 unspecified atom stereocenters. The van der Waals surface area contributed by atoms with Crippen LogP contribution in [0.5, 0.6) is 0 Å². The highest BCUT2D eigenvalue weighted by Crippen LogP contribution is 2.33. The summed E-state index contributed by atoms with van der Waals surface area (Å²) in [5, 5.41) is 16.8. The topological polar surface area (TPSA) is 334 Å². The molecule has 2 aromatic heterocycles. The highest BCUT2D eigenvalue weighted by molar-refractivity contribution is 7.79. The second-order valence-electron chi connectivity index (χ2n) is 26.5. The van der Waals surface area contributed by atoms with Crippen LogP contribution in [0.3, 0.4) is 0 Å². The number of pyridine rings is 2. The van der Waals surface area contributed by atoms with Crippen LogP contribution in [0.25, 0.3) is 10.4 Å². The first-order valence-corrected chi connectivity index (χ1v) is 35.3. The zero-order valence-corrected chi connectivity index (χ0v) is 60.9. The monoisotopic (exact) mass is 1400 g/mol. The molecule has 8 rings (SSSR count). The Morgan fingerprint density at radius 3 is 1.19 bits per heavy atom. The van der Waals surface area contributed by atoms with E-state index in [1.54, 1.807) is 66.3 Å². The summed E-state index contributed by atoms with van der Waals surface area (Å²) in [6.45, 7) is 17.3. The third-order valence-corrected chi connectivity index (χ3v) is 20.8. The number of nitrogens with zero attached hydrogens (tertiary/aromatic N) is 8. The molecule has 24 heteroatoms. The van der Waals surface area contributed by atoms with Crippen molar-refractivity contribution in [2.75, 3.05) is 32.7 Å². The maximum absolute atomic E-state index is 13.0. The summed E-state index contributed by atoms with van der Waals surface area (Å²) in [5.74, 6) is -5.34. The molecule has 3 amide bonds. The summed E-state index contributed by atoms with van der Waals surface area (Å²) in [5.41, 5.74) is 14.3. The molecule has 0 bridgehead atoms. The molecule has 99 heavy (non-hydrogen) atoms. The maximum Gasteiger partial charge on any atom is 0.329 e. The first-order valence-electron chi connectivity index (χ1n) is 34.0. The Morgan fingerprint density at radius 1 is 0.545 bits per heavy atom. The Morgan fingerprint density at radius 2 is 0.879 bits per heavy atom. The molecule has 3 aromatic carbocycles. The lowest BCUT2D eigenvalue weighted by Crippen LogP contribution is -2.53. The molecule has 22 nitrogen and oxygen atoms in total. The number of hydrogen-bond acceptors (Lipinski definition) is 15. The van der Waals surface area contributed by atoms with E-state index in [0.29, 0.717) is 83.8 Å². The van der Waals surface area contributed by atoms with Crippen LogP contribution in [0.15, 0.2) is 145 Å². The van der Waals surface area contributed by atoms with Crippen LogP contribution in [0.4, 0.5) is 0 Å². The van der Waals surface area contributed by atoms with E-state index < -0.39 is 107 Å². The number of aliphatic carboxylic acids is 1. The smallest absolute Gasteiger partial charge is 0.329 e. The molecule has 0 spiro atoms. The average molecular weight is 1400 g/mol. The van der Waals surface area contributed by atoms with Crippen molar-refractivity contribution >= 4 is 90.3 Å². The molecular weight excluding hydrogens is 1300 g/mol. The third kappa shape index (κ3) is 25.8. The van der Waals surface area contributed by atoms with E-state index in [4.69, 9.17) is 25.8 Å². The zero-order valence-electron chi connectivity index (χ0n) is 59.1. The molecule has 538 valence electrons. The van der Waals surface area contributed by atoms with Gasteiger partial charge in [0, 0.05) is 72.1 Å². The zero-order chi connectivity index (χ0) is 71.1. The fourth-order valence-corrected chi connectivity index (χ4v) is 13.3. The fraction of sp³-hybridized carbons (Fsp3) is 0.507. The van der Waals surface area contributed by atoms with Gasteiger partial charge in [-0.1, -0.05) is 171 Å². The predicted octanol–water partition coefficient (Wildman–Crippen LogP) is 10.1. The summed E-state index contributed by atoms with van der Waals surface area (Å²) in [4.78, 5) is 127. The standard InChI is InChI=1S/C22H31N5O4.C22H33N3O4.C18H15P.C13H21NO4.H2O.H2S/c1-4-22(2,3)19(28)20(29)27-13-6-5-9-18(27)21(30)31-17(15-25-26-23)11-10-16-8-7-12-24-14-16;1-4-22(2,3)19(26)20(27)25-13-6-5-9-18(25)21(28)29-17(14-23)11-10-16-8-7-12-24-15-16;1-4-10-16(11-5-1)19(17-12-6-2-7-13-17)18-14-8-3-9-15-18;1-4-13(2,3)10(15)11(16)14-8-6-5-7-9(14)12(17)18;;/h7-8,12,14,17-18H,4-6,9-11,13,15H2,1-3H3;7-8,12,15,17-18H,4-6,9-11,13-14,23H2,1-3H3;1-15H;9H,4-8H2,1-3H3,(H,17,18);2*1H2/t2*17-,18+;;9-;;/m11.0../s1. The van der Waals surface area contributed by atoms with Crippen molar-refractivity contribution in [2.45, 2.75) is 195 Å². The number of carboxylic acids is 1. The van der Waals surface area contributed by atoms with Crippen molar-refractivity contribution < 1.29 is 63.2 Å². The summed E-state index contributed by atoms with van der Waals surface area (Å²) in [6.07, 6.45) is 15.8. The molecule has 0 aliphatic carbocycles. The minimum atomic E-state index is -1.02. The number of hydrogen-bond donors (Lipinski definition) is 2. The number of carbonyl (C=O) groups excluding carboxylic acids is 8. The Bertz CT molecular complexity index is 3310. The molecule has 3 aliphatic rings. The Hall–Kier alpha value is -8.20. The predicted molar refractivity (Wildman–Crippen MR) is 390 cm³/mol. The van der Waals surface area contributed by atoms with Crippen LogP contribution in [0, 0.1) is 16.2 Å². The summed E-state index contributed by atoms with van der Waals surface area (Å²) in [7, 11) is -0.446. The first kappa shape index (κ1) is 85.0. The van der Waals surface area contributed by atoms with E-state index in [2.05, 4.69) is 111 Å². The number of amides is 3. The van der Waals surface area contributed by atoms with E-state index >= 15 is 0 Å². The van der Waals surface area contributed by atoms with Crippen LogP contribution in [-0.2, 0) is 65.5 Å². The van der Waals surface area contributed by atoms with Crippen molar-refractivity contribution in [1.82, 2.24) is 24.7 Å². The normalized spacial score (nSPS) is 16.6. The third-order valence-electron chi connectivity index (χ3n) is 18.4. The van der Waals surface area contributed by atoms with E-state index in [-0.39, 0.29) is 32.1 Å². The van der Waals surface area contributed by atoms with Gasteiger partial charge in [0.2, 0.25) is 17.3 Å². The highest BCUT2D eigenvalue weighted by Gasteiger charge is 2.44. The second kappa shape index (κ2) is 42.7. The lowest BCUT2D eigenvalue weighted by molar-refractivity contribution is -0.164. The molecule has 0 radical (unpaired) electrons. The van der Waals surface area contributed by atoms with Crippen LogP contribution >= 0.6 is 21.4 Å². The number of Topliss-reactive ketones (excluding diaryl/α,β-unsaturated/α-hetero) is 3. The van der Waals surface area contributed by atoms with Crippen molar-refractivity contribution in [1.29, 1.82) is 0 Å². The number of nitrogens with two attached hydrogens (primary N) is 1. The van der Waals surface area contributed by atoms with Crippen molar-refractivity contribution in [3.05, 3.63) is 162 Å². The van der Waals surface area contributed by atoms with Crippen LogP contribution < -0.4 is 21.6 Å². The minimum absolute atomic E-state index is 0. The van der Waals surface area contributed by atoms with Gasteiger partial charge < -0.3 is 40.5 Å². The Kier molecular flexibility index (Phi) is 36.7. The van der Waals surface area contributed by atoms with Crippen LogP contribution in [0.1, 0.15) is 163 Å². The largest absolute Gasteiger partial charge is 0.480 e. The number of ether oxygens (including phenoxy) is 2. The molecule has 3 aliphatic heterocycles. The molecule has 5 heterocycles. The van der Waals surface area contributed by atoms with Gasteiger partial charge in [-0.15, -0.1) is 0 Å². The molecule has 3 fully saturated rings. The SMILES string of the molecule is CCC(C)(C)C(=O)C(=O)N1CCCC[C@H]1C(=O)O.CCC(C)(C)C(=O)C(=O)N1CCCC[C@H]1C(=O)O[C@@H](CN)CCc1cccnc1.CCC(C)(C)C(=O)C(=O)N1CCCC[C@H]1C(=O)O[C@H](CCc1cccnc1)CN=[N+]=[N-].O.S.c1ccc(P(c2ccccc2)c2ccccc2)cc1. The fourth-order valence-electron chi connectivity index (χ4n) is 11.0. The van der Waals surface area contributed by atoms with Crippen molar-refractivity contribution in [3.63, 3.8) is 0 Å². The molecule has 5 aromatic rings. The summed E-state index contributed by atoms with van der Waals surface area (Å²) < 4.78 is 11.3. The van der Waals surface area contributed by atoms with Gasteiger partial charge in [-0.3, -0.25) is 38.7 Å². The number of azide groups is 1. The number of esters is 2. The van der Waals surface area contributed by atoms with Crippen LogP contribution in [0.2, 0.25) is 0 Å². The maximum atomic E-state index is 13.0. The molecule has 5 atom stereocenters. The first-order chi connectivity index (χ1) is 46.4. The second-order valence-corrected chi connectivity index (χ2v) is 28.7. The molecule has 0 saturated carbocycles. The number of carbonyl (C=O) groups is 9. The van der Waals surface area contributed by atoms with Gasteiger partial charge >= 0.3 is 17.9 Å².